The summed E-state index contributed by atoms with van der Waals surface area (Å²) in [4.78, 5) is 13.3. The third kappa shape index (κ3) is 3.33. The van der Waals surface area contributed by atoms with E-state index >= 15 is 0 Å². The highest BCUT2D eigenvalue weighted by atomic mass is 127. The van der Waals surface area contributed by atoms with E-state index in [2.05, 4.69) is 27.9 Å². The van der Waals surface area contributed by atoms with Crippen LogP contribution in [0.25, 0.3) is 0 Å². The molecule has 1 amide bonds. The van der Waals surface area contributed by atoms with E-state index < -0.39 is 20.5 Å². The van der Waals surface area contributed by atoms with Crippen molar-refractivity contribution in [2.75, 3.05) is 5.32 Å². The number of amides is 1. The molecule has 6 heteroatoms. The summed E-state index contributed by atoms with van der Waals surface area (Å²) in [7, 11) is -3.75. The first-order valence-electron chi connectivity index (χ1n) is 8.24. The van der Waals surface area contributed by atoms with Crippen molar-refractivity contribution in [2.24, 2.45) is 0 Å². The van der Waals surface area contributed by atoms with Gasteiger partial charge >= 0.3 is 0 Å². The van der Waals surface area contributed by atoms with E-state index in [1.165, 1.54) is 0 Å². The monoisotopic (exact) mass is 469 g/mol. The molecule has 0 unspecified atom stereocenters. The number of rotatable bonds is 4. The Hall–Kier alpha value is -1.41. The number of hydrogen-bond acceptors (Lipinski definition) is 3. The number of nitrogens with one attached hydrogen (secondary N) is 1. The second-order valence-corrected chi connectivity index (χ2v) is 9.86. The van der Waals surface area contributed by atoms with Gasteiger partial charge in [-0.05, 0) is 72.2 Å². The molecule has 0 saturated heterocycles. The average Bonchev–Trinajstić information content (AvgIpc) is 3.11. The fourth-order valence-corrected chi connectivity index (χ4v) is 5.91. The Bertz CT molecular complexity index is 888. The van der Waals surface area contributed by atoms with E-state index in [9.17, 15) is 13.2 Å². The predicted octanol–water partition coefficient (Wildman–Crippen LogP) is 4.32. The van der Waals surface area contributed by atoms with Crippen LogP contribution in [0.15, 0.2) is 53.4 Å². The van der Waals surface area contributed by atoms with Crippen LogP contribution >= 0.6 is 22.6 Å². The van der Waals surface area contributed by atoms with Crippen LogP contribution in [-0.4, -0.2) is 19.1 Å². The Morgan fingerprint density at radius 1 is 1.08 bits per heavy atom. The molecular formula is C19H20INO3S. The van der Waals surface area contributed by atoms with E-state index in [0.717, 1.165) is 22.0 Å². The van der Waals surface area contributed by atoms with Gasteiger partial charge in [0, 0.05) is 9.26 Å². The Balaban J connectivity index is 1.97. The first-order chi connectivity index (χ1) is 11.9. The summed E-state index contributed by atoms with van der Waals surface area (Å²) in [5, 5.41) is 2.85. The zero-order valence-corrected chi connectivity index (χ0v) is 16.9. The molecule has 0 spiro atoms. The Labute approximate surface area is 162 Å². The third-order valence-corrected chi connectivity index (χ3v) is 8.50. The van der Waals surface area contributed by atoms with Crippen LogP contribution in [0.1, 0.15) is 31.2 Å². The van der Waals surface area contributed by atoms with Gasteiger partial charge in [0.15, 0.2) is 14.6 Å². The predicted molar refractivity (Wildman–Crippen MR) is 107 cm³/mol. The Kier molecular flexibility index (Phi) is 5.20. The minimum Gasteiger partial charge on any atom is -0.325 e. The van der Waals surface area contributed by atoms with Crippen molar-refractivity contribution in [3.63, 3.8) is 0 Å². The van der Waals surface area contributed by atoms with Crippen LogP contribution in [0, 0.1) is 10.5 Å². The molecule has 1 fully saturated rings. The van der Waals surface area contributed by atoms with Gasteiger partial charge in [0.1, 0.15) is 0 Å². The van der Waals surface area contributed by atoms with Crippen LogP contribution < -0.4 is 5.32 Å². The summed E-state index contributed by atoms with van der Waals surface area (Å²) < 4.78 is 26.1. The van der Waals surface area contributed by atoms with Gasteiger partial charge in [0.05, 0.1) is 4.90 Å². The molecule has 0 radical (unpaired) electrons. The smallest absolute Gasteiger partial charge is 0.246 e. The standard InChI is InChI=1S/C19H20INO3S/c1-14-9-10-15(13-17(14)20)21-18(22)19(11-5-6-12-19)25(23,24)16-7-3-2-4-8-16/h2-4,7-10,13H,5-6,11-12H2,1H3,(H,21,22). The molecule has 25 heavy (non-hydrogen) atoms. The van der Waals surface area contributed by atoms with Crippen LogP contribution in [0.5, 0.6) is 0 Å². The van der Waals surface area contributed by atoms with Crippen LogP contribution in [0.3, 0.4) is 0 Å². The molecule has 0 aromatic heterocycles. The molecule has 1 aliphatic carbocycles. The van der Waals surface area contributed by atoms with E-state index in [1.807, 2.05) is 25.1 Å². The lowest BCUT2D eigenvalue weighted by Gasteiger charge is -2.27. The molecule has 2 aromatic carbocycles. The summed E-state index contributed by atoms with van der Waals surface area (Å²) in [6.45, 7) is 1.99. The molecule has 3 rings (SSSR count). The van der Waals surface area contributed by atoms with E-state index in [-0.39, 0.29) is 4.90 Å². The van der Waals surface area contributed by atoms with Gasteiger partial charge in [0.25, 0.3) is 0 Å². The van der Waals surface area contributed by atoms with Gasteiger partial charge in [-0.3, -0.25) is 4.79 Å². The largest absolute Gasteiger partial charge is 0.325 e. The number of sulfone groups is 1. The summed E-state index contributed by atoms with van der Waals surface area (Å²) in [5.74, 6) is -0.423. The van der Waals surface area contributed by atoms with Gasteiger partial charge in [-0.25, -0.2) is 8.42 Å². The van der Waals surface area contributed by atoms with Gasteiger partial charge in [-0.1, -0.05) is 37.1 Å². The molecule has 0 bridgehead atoms. The normalized spacial score (nSPS) is 16.6. The van der Waals surface area contributed by atoms with Gasteiger partial charge in [0.2, 0.25) is 5.91 Å². The first kappa shape index (κ1) is 18.4. The number of halogens is 1. The van der Waals surface area contributed by atoms with Crippen molar-refractivity contribution in [3.8, 4) is 0 Å². The lowest BCUT2D eigenvalue weighted by molar-refractivity contribution is -0.118. The summed E-state index contributed by atoms with van der Waals surface area (Å²) in [6, 6.07) is 13.9. The topological polar surface area (TPSA) is 63.2 Å². The van der Waals surface area contributed by atoms with E-state index in [0.29, 0.717) is 18.5 Å². The number of carbonyl (C=O) groups excluding carboxylic acids is 1. The second kappa shape index (κ2) is 7.07. The SMILES string of the molecule is Cc1ccc(NC(=O)C2(S(=O)(=O)c3ccccc3)CCCC2)cc1I. The molecule has 1 N–H and O–H groups in total. The molecule has 1 saturated carbocycles. The minimum absolute atomic E-state index is 0.213. The van der Waals surface area contributed by atoms with E-state index in [1.54, 1.807) is 30.3 Å². The zero-order valence-electron chi connectivity index (χ0n) is 14.0. The fourth-order valence-electron chi connectivity index (χ4n) is 3.30. The van der Waals surface area contributed by atoms with Crippen molar-refractivity contribution >= 4 is 44.0 Å². The lowest BCUT2D eigenvalue weighted by atomic mass is 10.1. The summed E-state index contributed by atoms with van der Waals surface area (Å²) >= 11 is 2.20. The van der Waals surface area contributed by atoms with E-state index in [4.69, 9.17) is 0 Å². The highest BCUT2D eigenvalue weighted by molar-refractivity contribution is 14.1. The zero-order chi connectivity index (χ0) is 18.1. The highest BCUT2D eigenvalue weighted by Gasteiger charge is 2.52. The van der Waals surface area contributed by atoms with Crippen LogP contribution in [0.4, 0.5) is 5.69 Å². The molecule has 1 aliphatic rings. The van der Waals surface area contributed by atoms with Crippen molar-refractivity contribution in [1.82, 2.24) is 0 Å². The molecule has 0 atom stereocenters. The van der Waals surface area contributed by atoms with Crippen molar-refractivity contribution in [3.05, 3.63) is 57.7 Å². The third-order valence-electron chi connectivity index (χ3n) is 4.82. The van der Waals surface area contributed by atoms with Gasteiger partial charge in [-0.2, -0.15) is 0 Å². The number of carbonyl (C=O) groups is 1. The number of anilines is 1. The maximum absolute atomic E-state index is 13.2. The molecule has 0 heterocycles. The Morgan fingerprint density at radius 2 is 1.72 bits per heavy atom. The lowest BCUT2D eigenvalue weighted by Crippen LogP contribution is -2.47. The van der Waals surface area contributed by atoms with Gasteiger partial charge in [-0.15, -0.1) is 0 Å². The molecule has 132 valence electrons. The number of aryl methyl sites for hydroxylation is 1. The fraction of sp³-hybridized carbons (Fsp3) is 0.316. The molecule has 4 nitrogen and oxygen atoms in total. The summed E-state index contributed by atoms with van der Waals surface area (Å²) in [6.07, 6.45) is 2.20. The highest BCUT2D eigenvalue weighted by Crippen LogP contribution is 2.41. The quantitative estimate of drug-likeness (QED) is 0.679. The second-order valence-electron chi connectivity index (χ2n) is 6.44. The Morgan fingerprint density at radius 3 is 2.32 bits per heavy atom. The van der Waals surface area contributed by atoms with Crippen molar-refractivity contribution in [2.45, 2.75) is 42.2 Å². The average molecular weight is 469 g/mol. The molecule has 0 aliphatic heterocycles. The van der Waals surface area contributed by atoms with Crippen LogP contribution in [0.2, 0.25) is 0 Å². The minimum atomic E-state index is -3.75. The number of hydrogen-bond donors (Lipinski definition) is 1. The summed E-state index contributed by atoms with van der Waals surface area (Å²) in [5.41, 5.74) is 1.75. The maximum Gasteiger partial charge on any atom is 0.246 e. The molecule has 2 aromatic rings. The van der Waals surface area contributed by atoms with Crippen LogP contribution in [-0.2, 0) is 14.6 Å². The number of benzene rings is 2. The van der Waals surface area contributed by atoms with Crippen molar-refractivity contribution < 1.29 is 13.2 Å². The van der Waals surface area contributed by atoms with Gasteiger partial charge < -0.3 is 5.32 Å². The molecular weight excluding hydrogens is 449 g/mol. The first-order valence-corrected chi connectivity index (χ1v) is 10.8. The maximum atomic E-state index is 13.2. The van der Waals surface area contributed by atoms with Crippen molar-refractivity contribution in [1.29, 1.82) is 0 Å².